The fraction of sp³-hybridized carbons (Fsp3) is 0.167. The number of hydrogen-bond acceptors (Lipinski definition) is 5. The van der Waals surface area contributed by atoms with Crippen molar-refractivity contribution in [2.45, 2.75) is 16.7 Å². The number of thioether (sulfide) groups is 1. The van der Waals surface area contributed by atoms with Gasteiger partial charge in [0, 0.05) is 10.6 Å². The number of carboxylic acid groups (broad SMARTS) is 1. The van der Waals surface area contributed by atoms with E-state index in [9.17, 15) is 13.2 Å². The van der Waals surface area contributed by atoms with Crippen LogP contribution in [0.4, 0.5) is 5.69 Å². The van der Waals surface area contributed by atoms with Gasteiger partial charge in [0.25, 0.3) is 10.0 Å². The molecule has 1 heterocycles. The molecule has 21 heavy (non-hydrogen) atoms. The maximum absolute atomic E-state index is 12.4. The molecule has 0 unspecified atom stereocenters. The van der Waals surface area contributed by atoms with Crippen molar-refractivity contribution in [1.82, 2.24) is 10.2 Å². The molecule has 2 rings (SSSR count). The van der Waals surface area contributed by atoms with Crippen LogP contribution < -0.4 is 4.72 Å². The first kappa shape index (κ1) is 15.4. The summed E-state index contributed by atoms with van der Waals surface area (Å²) in [6.07, 6.45) is 1.87. The fourth-order valence-electron chi connectivity index (χ4n) is 1.79. The number of aromatic amines is 1. The number of aryl methyl sites for hydroxylation is 1. The van der Waals surface area contributed by atoms with Crippen molar-refractivity contribution in [3.8, 4) is 0 Å². The minimum Gasteiger partial charge on any atom is -0.476 e. The number of sulfonamides is 1. The molecular weight excluding hydrogens is 314 g/mol. The average molecular weight is 327 g/mol. The maximum Gasteiger partial charge on any atom is 0.357 e. The van der Waals surface area contributed by atoms with Gasteiger partial charge in [-0.2, -0.15) is 5.10 Å². The monoisotopic (exact) mass is 327 g/mol. The molecule has 0 atom stereocenters. The van der Waals surface area contributed by atoms with Crippen LogP contribution in [-0.4, -0.2) is 35.9 Å². The number of nitrogens with one attached hydrogen (secondary N) is 2. The van der Waals surface area contributed by atoms with Crippen LogP contribution in [0.5, 0.6) is 0 Å². The maximum atomic E-state index is 12.4. The Bertz CT molecular complexity index is 784. The molecule has 7 nitrogen and oxygen atoms in total. The van der Waals surface area contributed by atoms with Crippen LogP contribution in [-0.2, 0) is 10.0 Å². The van der Waals surface area contributed by atoms with Crippen LogP contribution in [0.25, 0.3) is 0 Å². The summed E-state index contributed by atoms with van der Waals surface area (Å²) in [6.45, 7) is 1.45. The molecule has 2 aromatic rings. The molecular formula is C12H13N3O4S2. The van der Waals surface area contributed by atoms with Crippen LogP contribution in [0.3, 0.4) is 0 Å². The summed E-state index contributed by atoms with van der Waals surface area (Å²) in [7, 11) is -4.04. The number of nitrogens with zero attached hydrogens (tertiary/aromatic N) is 1. The van der Waals surface area contributed by atoms with Crippen molar-refractivity contribution in [2.75, 3.05) is 11.0 Å². The van der Waals surface area contributed by atoms with Crippen LogP contribution in [0, 0.1) is 6.92 Å². The Labute approximate surface area is 125 Å². The lowest BCUT2D eigenvalue weighted by atomic mass is 10.3. The lowest BCUT2D eigenvalue weighted by molar-refractivity contribution is 0.0686. The number of anilines is 1. The molecule has 3 N–H and O–H groups in total. The van der Waals surface area contributed by atoms with Crippen molar-refractivity contribution in [3.05, 3.63) is 35.7 Å². The molecule has 0 aliphatic rings. The predicted octanol–water partition coefficient (Wildman–Crippen LogP) is 1.94. The number of aromatic carboxylic acids is 1. The van der Waals surface area contributed by atoms with E-state index in [4.69, 9.17) is 5.11 Å². The summed E-state index contributed by atoms with van der Waals surface area (Å²) >= 11 is 1.47. The number of H-pyrrole nitrogens is 1. The Morgan fingerprint density at radius 3 is 2.76 bits per heavy atom. The second-order valence-electron chi connectivity index (χ2n) is 4.17. The van der Waals surface area contributed by atoms with Crippen molar-refractivity contribution in [2.24, 2.45) is 0 Å². The van der Waals surface area contributed by atoms with Gasteiger partial charge in [0.05, 0.1) is 5.69 Å². The van der Waals surface area contributed by atoms with E-state index in [0.29, 0.717) is 5.69 Å². The number of carboxylic acids is 1. The highest BCUT2D eigenvalue weighted by atomic mass is 32.2. The van der Waals surface area contributed by atoms with Crippen molar-refractivity contribution in [3.63, 3.8) is 0 Å². The SMILES string of the molecule is CSc1cccc(NS(=O)(=O)c2c(C(=O)O)n[nH]c2C)c1. The zero-order valence-electron chi connectivity index (χ0n) is 11.2. The summed E-state index contributed by atoms with van der Waals surface area (Å²) in [5.41, 5.74) is 0.000677. The molecule has 0 aliphatic carbocycles. The third kappa shape index (κ3) is 3.19. The molecule has 0 saturated carbocycles. The molecule has 112 valence electrons. The van der Waals surface area contributed by atoms with Crippen molar-refractivity contribution >= 4 is 33.4 Å². The molecule has 0 saturated heterocycles. The summed E-state index contributed by atoms with van der Waals surface area (Å²) in [5, 5.41) is 14.9. The van der Waals surface area contributed by atoms with E-state index in [1.165, 1.54) is 18.7 Å². The summed E-state index contributed by atoms with van der Waals surface area (Å²) in [4.78, 5) is 11.6. The predicted molar refractivity (Wildman–Crippen MR) is 79.3 cm³/mol. The largest absolute Gasteiger partial charge is 0.476 e. The highest BCUT2D eigenvalue weighted by Gasteiger charge is 2.28. The summed E-state index contributed by atoms with van der Waals surface area (Å²) in [5.74, 6) is -1.41. The van der Waals surface area contributed by atoms with Gasteiger partial charge in [-0.05, 0) is 31.4 Å². The van der Waals surface area contributed by atoms with Crippen LogP contribution in [0.15, 0.2) is 34.1 Å². The fourth-order valence-corrected chi connectivity index (χ4v) is 3.62. The third-order valence-electron chi connectivity index (χ3n) is 2.68. The molecule has 0 spiro atoms. The van der Waals surface area contributed by atoms with Gasteiger partial charge in [-0.15, -0.1) is 11.8 Å². The Morgan fingerprint density at radius 2 is 2.14 bits per heavy atom. The molecule has 0 bridgehead atoms. The van der Waals surface area contributed by atoms with Crippen LogP contribution in [0.2, 0.25) is 0 Å². The second-order valence-corrected chi connectivity index (χ2v) is 6.67. The first-order valence-electron chi connectivity index (χ1n) is 5.80. The highest BCUT2D eigenvalue weighted by Crippen LogP contribution is 2.24. The van der Waals surface area contributed by atoms with E-state index in [0.717, 1.165) is 4.90 Å². The van der Waals surface area contributed by atoms with E-state index in [1.54, 1.807) is 18.2 Å². The normalized spacial score (nSPS) is 11.3. The number of benzene rings is 1. The van der Waals surface area contributed by atoms with Crippen LogP contribution >= 0.6 is 11.8 Å². The number of aromatic nitrogens is 2. The Kier molecular flexibility index (Phi) is 4.24. The quantitative estimate of drug-likeness (QED) is 0.724. The summed E-state index contributed by atoms with van der Waals surface area (Å²) < 4.78 is 27.1. The number of hydrogen-bond donors (Lipinski definition) is 3. The zero-order chi connectivity index (χ0) is 15.6. The average Bonchev–Trinajstić information content (AvgIpc) is 2.81. The third-order valence-corrected chi connectivity index (χ3v) is 4.95. The summed E-state index contributed by atoms with van der Waals surface area (Å²) in [6, 6.07) is 6.81. The number of carbonyl (C=O) groups is 1. The molecule has 9 heteroatoms. The lowest BCUT2D eigenvalue weighted by Gasteiger charge is -2.09. The molecule has 0 fully saturated rings. The molecule has 1 aromatic heterocycles. The first-order valence-corrected chi connectivity index (χ1v) is 8.51. The standard InChI is InChI=1S/C12H13N3O4S2/c1-7-11(10(12(16)17)14-13-7)21(18,19)15-8-4-3-5-9(6-8)20-2/h3-6,15H,1-2H3,(H,13,14)(H,16,17). The number of rotatable bonds is 5. The smallest absolute Gasteiger partial charge is 0.357 e. The second kappa shape index (κ2) is 5.78. The van der Waals surface area contributed by atoms with Gasteiger partial charge in [0.2, 0.25) is 0 Å². The zero-order valence-corrected chi connectivity index (χ0v) is 12.9. The molecule has 1 aromatic carbocycles. The van der Waals surface area contributed by atoms with E-state index in [-0.39, 0.29) is 10.6 Å². The van der Waals surface area contributed by atoms with Crippen molar-refractivity contribution in [1.29, 1.82) is 0 Å². The van der Waals surface area contributed by atoms with E-state index < -0.39 is 21.7 Å². The highest BCUT2D eigenvalue weighted by molar-refractivity contribution is 7.98. The Morgan fingerprint density at radius 1 is 1.43 bits per heavy atom. The van der Waals surface area contributed by atoms with Gasteiger partial charge in [-0.25, -0.2) is 13.2 Å². The van der Waals surface area contributed by atoms with Crippen LogP contribution in [0.1, 0.15) is 16.2 Å². The van der Waals surface area contributed by atoms with E-state index in [2.05, 4.69) is 14.9 Å². The van der Waals surface area contributed by atoms with E-state index >= 15 is 0 Å². The first-order chi connectivity index (χ1) is 9.85. The van der Waals surface area contributed by atoms with Gasteiger partial charge < -0.3 is 5.11 Å². The van der Waals surface area contributed by atoms with Gasteiger partial charge in [-0.3, -0.25) is 9.82 Å². The minimum absolute atomic E-state index is 0.168. The van der Waals surface area contributed by atoms with Crippen molar-refractivity contribution < 1.29 is 18.3 Å². The molecule has 0 radical (unpaired) electrons. The minimum atomic E-state index is -4.04. The van der Waals surface area contributed by atoms with Gasteiger partial charge >= 0.3 is 5.97 Å². The Hall–Kier alpha value is -2.00. The van der Waals surface area contributed by atoms with E-state index in [1.807, 2.05) is 12.3 Å². The van der Waals surface area contributed by atoms with Gasteiger partial charge in [0.15, 0.2) is 5.69 Å². The topological polar surface area (TPSA) is 112 Å². The molecule has 0 amide bonds. The molecule has 0 aliphatic heterocycles. The Balaban J connectivity index is 2.43. The van der Waals surface area contributed by atoms with Gasteiger partial charge in [-0.1, -0.05) is 6.07 Å². The van der Waals surface area contributed by atoms with Gasteiger partial charge in [0.1, 0.15) is 4.90 Å². The lowest BCUT2D eigenvalue weighted by Crippen LogP contribution is -2.17.